The largest absolute Gasteiger partial charge is 0.508 e. The first-order valence-electron chi connectivity index (χ1n) is 3.95. The predicted molar refractivity (Wildman–Crippen MR) is 42.0 cm³/mol. The quantitative estimate of drug-likeness (QED) is 0.531. The van der Waals surface area contributed by atoms with Crippen LogP contribution in [0.4, 0.5) is 18.0 Å². The maximum Gasteiger partial charge on any atom is 0.508 e. The molecule has 1 heterocycles. The van der Waals surface area contributed by atoms with E-state index in [1.54, 1.807) is 0 Å². The highest BCUT2D eigenvalue weighted by molar-refractivity contribution is 7.87. The van der Waals surface area contributed by atoms with Crippen molar-refractivity contribution in [2.45, 2.75) is 12.3 Å². The van der Waals surface area contributed by atoms with Gasteiger partial charge in [0.25, 0.3) is 10.1 Å². The summed E-state index contributed by atoms with van der Waals surface area (Å²) in [6, 6.07) is 0. The van der Waals surface area contributed by atoms with Crippen molar-refractivity contribution in [1.82, 2.24) is 0 Å². The Kier molecular flexibility index (Phi) is 3.63. The zero-order chi connectivity index (χ0) is 12.4. The number of hydrogen-bond acceptors (Lipinski definition) is 6. The van der Waals surface area contributed by atoms with Crippen LogP contribution >= 0.6 is 0 Å². The van der Waals surface area contributed by atoms with Gasteiger partial charge in [-0.25, -0.2) is 4.79 Å². The maximum atomic E-state index is 11.6. The lowest BCUT2D eigenvalue weighted by Crippen LogP contribution is -2.26. The van der Waals surface area contributed by atoms with Crippen molar-refractivity contribution in [3.05, 3.63) is 0 Å². The molecule has 0 aromatic carbocycles. The van der Waals surface area contributed by atoms with Gasteiger partial charge in [0, 0.05) is 0 Å². The SMILES string of the molecule is O=C(OCC(F)(F)F)OC1COS(=O)(=O)C1. The Hall–Kier alpha value is -1.03. The van der Waals surface area contributed by atoms with E-state index < -0.39 is 47.5 Å². The molecule has 0 spiro atoms. The summed E-state index contributed by atoms with van der Waals surface area (Å²) in [6.45, 7) is -2.20. The number of rotatable bonds is 2. The van der Waals surface area contributed by atoms with E-state index in [9.17, 15) is 26.4 Å². The van der Waals surface area contributed by atoms with Crippen LogP contribution < -0.4 is 0 Å². The molecule has 1 atom stereocenters. The molecule has 0 aromatic rings. The van der Waals surface area contributed by atoms with E-state index in [4.69, 9.17) is 0 Å². The topological polar surface area (TPSA) is 78.9 Å². The van der Waals surface area contributed by atoms with Crippen LogP contribution in [-0.4, -0.2) is 45.8 Å². The van der Waals surface area contributed by atoms with Crippen LogP contribution in [0.3, 0.4) is 0 Å². The van der Waals surface area contributed by atoms with Crippen LogP contribution in [-0.2, 0) is 23.8 Å². The molecule has 0 N–H and O–H groups in total. The first-order valence-corrected chi connectivity index (χ1v) is 5.53. The van der Waals surface area contributed by atoms with E-state index in [0.717, 1.165) is 0 Å². The lowest BCUT2D eigenvalue weighted by atomic mass is 10.4. The molecule has 6 nitrogen and oxygen atoms in total. The van der Waals surface area contributed by atoms with E-state index >= 15 is 0 Å². The summed E-state index contributed by atoms with van der Waals surface area (Å²) in [6.07, 6.45) is -7.37. The molecule has 1 saturated heterocycles. The molecule has 1 aliphatic rings. The Balaban J connectivity index is 2.31. The van der Waals surface area contributed by atoms with Crippen molar-refractivity contribution in [2.75, 3.05) is 19.0 Å². The summed E-state index contributed by atoms with van der Waals surface area (Å²) >= 11 is 0. The standard InChI is InChI=1S/C6H7F3O6S/c7-6(8,9)3-13-5(10)15-4-1-14-16(11,12)2-4/h4H,1-3H2. The third kappa shape index (κ3) is 4.66. The van der Waals surface area contributed by atoms with E-state index in [2.05, 4.69) is 13.7 Å². The molecule has 1 aliphatic heterocycles. The summed E-state index contributed by atoms with van der Waals surface area (Å²) in [5.41, 5.74) is 0. The number of carbonyl (C=O) groups excluding carboxylic acids is 1. The van der Waals surface area contributed by atoms with Gasteiger partial charge in [-0.1, -0.05) is 0 Å². The van der Waals surface area contributed by atoms with Gasteiger partial charge in [0.15, 0.2) is 6.61 Å². The molecular weight excluding hydrogens is 257 g/mol. The number of ether oxygens (including phenoxy) is 2. The molecule has 0 bridgehead atoms. The van der Waals surface area contributed by atoms with Gasteiger partial charge in [0.2, 0.25) is 0 Å². The highest BCUT2D eigenvalue weighted by Crippen LogP contribution is 2.16. The fourth-order valence-electron chi connectivity index (χ4n) is 0.882. The van der Waals surface area contributed by atoms with E-state index in [0.29, 0.717) is 0 Å². The second kappa shape index (κ2) is 4.45. The van der Waals surface area contributed by atoms with Crippen LogP contribution in [0, 0.1) is 0 Å². The van der Waals surface area contributed by atoms with Gasteiger partial charge in [-0.2, -0.15) is 21.6 Å². The monoisotopic (exact) mass is 264 g/mol. The summed E-state index contributed by atoms with van der Waals surface area (Å²) in [5, 5.41) is 0. The van der Waals surface area contributed by atoms with Crippen molar-refractivity contribution in [1.29, 1.82) is 0 Å². The third-order valence-electron chi connectivity index (χ3n) is 1.44. The molecule has 0 aliphatic carbocycles. The molecule has 94 valence electrons. The predicted octanol–water partition coefficient (Wildman–Crippen LogP) is 0.431. The van der Waals surface area contributed by atoms with Crippen LogP contribution in [0.15, 0.2) is 0 Å². The summed E-state index contributed by atoms with van der Waals surface area (Å²) < 4.78 is 68.4. The fraction of sp³-hybridized carbons (Fsp3) is 0.833. The van der Waals surface area contributed by atoms with Crippen molar-refractivity contribution >= 4 is 16.3 Å². The average molecular weight is 264 g/mol. The molecule has 1 unspecified atom stereocenters. The molecule has 0 radical (unpaired) electrons. The van der Waals surface area contributed by atoms with Crippen LogP contribution in [0.25, 0.3) is 0 Å². The Labute approximate surface area is 88.4 Å². The smallest absolute Gasteiger partial charge is 0.427 e. The number of hydrogen-bond donors (Lipinski definition) is 0. The van der Waals surface area contributed by atoms with Gasteiger partial charge in [-0.15, -0.1) is 0 Å². The Morgan fingerprint density at radius 2 is 2.06 bits per heavy atom. The highest BCUT2D eigenvalue weighted by atomic mass is 32.2. The number of alkyl halides is 3. The van der Waals surface area contributed by atoms with Gasteiger partial charge < -0.3 is 9.47 Å². The van der Waals surface area contributed by atoms with Crippen molar-refractivity contribution in [3.8, 4) is 0 Å². The zero-order valence-electron chi connectivity index (χ0n) is 7.69. The second-order valence-electron chi connectivity index (χ2n) is 2.90. The van der Waals surface area contributed by atoms with E-state index in [1.807, 2.05) is 0 Å². The fourth-order valence-corrected chi connectivity index (χ4v) is 1.96. The number of halogens is 3. The first-order chi connectivity index (χ1) is 7.18. The molecule has 0 amide bonds. The molecule has 0 saturated carbocycles. The lowest BCUT2D eigenvalue weighted by Gasteiger charge is -2.10. The minimum absolute atomic E-state index is 0.413. The van der Waals surface area contributed by atoms with Gasteiger partial charge in [-0.3, -0.25) is 4.18 Å². The molecule has 0 aromatic heterocycles. The first kappa shape index (κ1) is 13.0. The van der Waals surface area contributed by atoms with E-state index in [1.165, 1.54) is 0 Å². The molecule has 1 fully saturated rings. The average Bonchev–Trinajstić information content (AvgIpc) is 2.41. The number of carbonyl (C=O) groups is 1. The van der Waals surface area contributed by atoms with Crippen LogP contribution in [0.1, 0.15) is 0 Å². The molecule has 10 heteroatoms. The molecular formula is C6H7F3O6S. The summed E-state index contributed by atoms with van der Waals surface area (Å²) in [7, 11) is -3.74. The molecule has 16 heavy (non-hydrogen) atoms. The van der Waals surface area contributed by atoms with Gasteiger partial charge >= 0.3 is 12.3 Å². The lowest BCUT2D eigenvalue weighted by molar-refractivity contribution is -0.166. The zero-order valence-corrected chi connectivity index (χ0v) is 8.51. The van der Waals surface area contributed by atoms with Gasteiger partial charge in [0.1, 0.15) is 18.5 Å². The maximum absolute atomic E-state index is 11.6. The highest BCUT2D eigenvalue weighted by Gasteiger charge is 2.34. The Bertz CT molecular complexity index is 361. The van der Waals surface area contributed by atoms with Gasteiger partial charge in [0.05, 0.1) is 0 Å². The minimum Gasteiger partial charge on any atom is -0.427 e. The summed E-state index contributed by atoms with van der Waals surface area (Å²) in [4.78, 5) is 10.7. The van der Waals surface area contributed by atoms with Crippen molar-refractivity contribution < 1.29 is 40.0 Å². The Morgan fingerprint density at radius 1 is 1.44 bits per heavy atom. The van der Waals surface area contributed by atoms with Crippen LogP contribution in [0.2, 0.25) is 0 Å². The Morgan fingerprint density at radius 3 is 2.50 bits per heavy atom. The van der Waals surface area contributed by atoms with Crippen LogP contribution in [0.5, 0.6) is 0 Å². The minimum atomic E-state index is -4.66. The summed E-state index contributed by atoms with van der Waals surface area (Å²) in [5.74, 6) is -0.589. The van der Waals surface area contributed by atoms with E-state index in [-0.39, 0.29) is 0 Å². The second-order valence-corrected chi connectivity index (χ2v) is 4.59. The normalized spacial score (nSPS) is 24.1. The van der Waals surface area contributed by atoms with Crippen molar-refractivity contribution in [2.24, 2.45) is 0 Å². The third-order valence-corrected chi connectivity index (χ3v) is 2.72. The molecule has 1 rings (SSSR count). The van der Waals surface area contributed by atoms with Gasteiger partial charge in [-0.05, 0) is 0 Å². The van der Waals surface area contributed by atoms with Crippen molar-refractivity contribution in [3.63, 3.8) is 0 Å².